The van der Waals surface area contributed by atoms with Gasteiger partial charge in [0.25, 0.3) is 0 Å². The zero-order chi connectivity index (χ0) is 19.1. The third kappa shape index (κ3) is 6.24. The number of sulfonamides is 1. The highest BCUT2D eigenvalue weighted by atomic mass is 32.2. The van der Waals surface area contributed by atoms with Crippen LogP contribution in [-0.2, 0) is 10.0 Å². The first-order valence-electron chi connectivity index (χ1n) is 10.3. The first-order chi connectivity index (χ1) is 13.1. The Bertz CT molecular complexity index is 587. The summed E-state index contributed by atoms with van der Waals surface area (Å²) in [5.74, 6) is 3.49. The van der Waals surface area contributed by atoms with Crippen molar-refractivity contribution < 1.29 is 8.42 Å². The molecule has 0 spiro atoms. The van der Waals surface area contributed by atoms with Crippen LogP contribution in [-0.4, -0.2) is 105 Å². The Balaban J connectivity index is 1.41. The van der Waals surface area contributed by atoms with Crippen LogP contribution in [0.4, 0.5) is 0 Å². The van der Waals surface area contributed by atoms with E-state index in [-0.39, 0.29) is 5.75 Å². The lowest BCUT2D eigenvalue weighted by atomic mass is 10.1. The largest absolute Gasteiger partial charge is 0.355 e. The van der Waals surface area contributed by atoms with E-state index >= 15 is 0 Å². The number of rotatable bonds is 6. The number of thioether (sulfide) groups is 1. The number of piperidine rings is 1. The van der Waals surface area contributed by atoms with Crippen LogP contribution in [0.15, 0.2) is 4.99 Å². The molecule has 3 saturated heterocycles. The van der Waals surface area contributed by atoms with Gasteiger partial charge in [0.2, 0.25) is 10.0 Å². The van der Waals surface area contributed by atoms with Crippen LogP contribution < -0.4 is 5.32 Å². The third-order valence-electron chi connectivity index (χ3n) is 5.77. The molecular weight excluding hydrogens is 382 g/mol. The Morgan fingerprint density at radius 1 is 1.11 bits per heavy atom. The van der Waals surface area contributed by atoms with Gasteiger partial charge in [0.1, 0.15) is 0 Å². The molecule has 1 N–H and O–H groups in total. The number of likely N-dealkylation sites (tertiary alicyclic amines) is 2. The minimum atomic E-state index is -3.16. The van der Waals surface area contributed by atoms with Crippen molar-refractivity contribution in [2.24, 2.45) is 10.9 Å². The number of hydrogen-bond donors (Lipinski definition) is 1. The molecule has 0 amide bonds. The molecule has 1 atom stereocenters. The zero-order valence-electron chi connectivity index (χ0n) is 16.6. The summed E-state index contributed by atoms with van der Waals surface area (Å²) in [7, 11) is -1.38. The van der Waals surface area contributed by atoms with Crippen molar-refractivity contribution >= 4 is 27.7 Å². The summed E-state index contributed by atoms with van der Waals surface area (Å²) < 4.78 is 26.6. The van der Waals surface area contributed by atoms with Crippen molar-refractivity contribution in [3.05, 3.63) is 0 Å². The summed E-state index contributed by atoms with van der Waals surface area (Å²) in [5, 5.41) is 3.28. The van der Waals surface area contributed by atoms with Gasteiger partial charge in [-0.05, 0) is 38.3 Å². The molecule has 9 heteroatoms. The summed E-state index contributed by atoms with van der Waals surface area (Å²) in [4.78, 5) is 9.29. The van der Waals surface area contributed by atoms with E-state index in [2.05, 4.69) is 20.1 Å². The van der Waals surface area contributed by atoms with Gasteiger partial charge in [0.15, 0.2) is 5.96 Å². The first kappa shape index (κ1) is 21.2. The van der Waals surface area contributed by atoms with Gasteiger partial charge in [-0.1, -0.05) is 6.42 Å². The normalized spacial score (nSPS) is 26.5. The Morgan fingerprint density at radius 3 is 2.56 bits per heavy atom. The Labute approximate surface area is 169 Å². The molecule has 3 aliphatic heterocycles. The summed E-state index contributed by atoms with van der Waals surface area (Å²) in [6, 6.07) is 0. The average molecular weight is 418 g/mol. The molecule has 0 aromatic carbocycles. The molecule has 3 aliphatic rings. The molecule has 3 fully saturated rings. The van der Waals surface area contributed by atoms with Crippen LogP contribution in [0.1, 0.15) is 25.7 Å². The fourth-order valence-electron chi connectivity index (χ4n) is 4.26. The van der Waals surface area contributed by atoms with Crippen molar-refractivity contribution in [3.63, 3.8) is 0 Å². The SMILES string of the molecule is CN=C(NCCS(=O)(=O)N1CCSCC1)N1CCC(CN2CCCCC2)C1. The summed E-state index contributed by atoms with van der Waals surface area (Å²) in [6.45, 7) is 7.42. The number of hydrogen-bond acceptors (Lipinski definition) is 5. The Kier molecular flexibility index (Phi) is 8.10. The van der Waals surface area contributed by atoms with E-state index < -0.39 is 10.0 Å². The average Bonchev–Trinajstić information content (AvgIpc) is 3.15. The van der Waals surface area contributed by atoms with Gasteiger partial charge in [-0.3, -0.25) is 4.99 Å². The maximum absolute atomic E-state index is 12.5. The van der Waals surface area contributed by atoms with Crippen LogP contribution in [0, 0.1) is 5.92 Å². The van der Waals surface area contributed by atoms with Crippen molar-refractivity contribution in [2.75, 3.05) is 76.7 Å². The summed E-state index contributed by atoms with van der Waals surface area (Å²) in [5.41, 5.74) is 0. The molecule has 0 saturated carbocycles. The molecule has 0 aromatic rings. The molecule has 0 aliphatic carbocycles. The lowest BCUT2D eigenvalue weighted by Crippen LogP contribution is -2.45. The van der Waals surface area contributed by atoms with Crippen LogP contribution in [0.2, 0.25) is 0 Å². The molecule has 0 aromatic heterocycles. The first-order valence-corrected chi connectivity index (χ1v) is 13.1. The smallest absolute Gasteiger partial charge is 0.215 e. The van der Waals surface area contributed by atoms with Crippen LogP contribution in [0.3, 0.4) is 0 Å². The maximum Gasteiger partial charge on any atom is 0.215 e. The highest BCUT2D eigenvalue weighted by molar-refractivity contribution is 7.99. The van der Waals surface area contributed by atoms with Gasteiger partial charge in [-0.2, -0.15) is 11.8 Å². The van der Waals surface area contributed by atoms with Crippen LogP contribution >= 0.6 is 11.8 Å². The molecule has 3 rings (SSSR count). The zero-order valence-corrected chi connectivity index (χ0v) is 18.2. The maximum atomic E-state index is 12.5. The van der Waals surface area contributed by atoms with Crippen molar-refractivity contribution in [3.8, 4) is 0 Å². The molecule has 1 unspecified atom stereocenters. The second kappa shape index (κ2) is 10.3. The molecule has 3 heterocycles. The van der Waals surface area contributed by atoms with E-state index in [1.165, 1.54) is 45.3 Å². The van der Waals surface area contributed by atoms with Crippen LogP contribution in [0.25, 0.3) is 0 Å². The van der Waals surface area contributed by atoms with Crippen molar-refractivity contribution in [2.45, 2.75) is 25.7 Å². The quantitative estimate of drug-likeness (QED) is 0.508. The lowest BCUT2D eigenvalue weighted by Gasteiger charge is -2.29. The van der Waals surface area contributed by atoms with Gasteiger partial charge < -0.3 is 15.1 Å². The monoisotopic (exact) mass is 417 g/mol. The highest BCUT2D eigenvalue weighted by Gasteiger charge is 2.28. The Hall–Kier alpha value is -0.510. The molecule has 0 radical (unpaired) electrons. The van der Waals surface area contributed by atoms with Crippen LogP contribution in [0.5, 0.6) is 0 Å². The highest BCUT2D eigenvalue weighted by Crippen LogP contribution is 2.20. The van der Waals surface area contributed by atoms with E-state index in [0.717, 1.165) is 30.6 Å². The minimum Gasteiger partial charge on any atom is -0.355 e. The van der Waals surface area contributed by atoms with E-state index in [9.17, 15) is 8.42 Å². The van der Waals surface area contributed by atoms with Crippen molar-refractivity contribution in [1.29, 1.82) is 0 Å². The van der Waals surface area contributed by atoms with E-state index in [1.807, 2.05) is 11.8 Å². The van der Waals surface area contributed by atoms with Gasteiger partial charge in [-0.25, -0.2) is 12.7 Å². The van der Waals surface area contributed by atoms with Gasteiger partial charge in [0, 0.05) is 57.8 Å². The second-order valence-corrected chi connectivity index (χ2v) is 11.1. The topological polar surface area (TPSA) is 68.2 Å². The molecule has 27 heavy (non-hydrogen) atoms. The fourth-order valence-corrected chi connectivity index (χ4v) is 6.75. The molecular formula is C18H35N5O2S2. The molecule has 7 nitrogen and oxygen atoms in total. The molecule has 156 valence electrons. The summed E-state index contributed by atoms with van der Waals surface area (Å²) >= 11 is 1.83. The van der Waals surface area contributed by atoms with Gasteiger partial charge in [0.05, 0.1) is 5.75 Å². The Morgan fingerprint density at radius 2 is 1.85 bits per heavy atom. The fraction of sp³-hybridized carbons (Fsp3) is 0.944. The number of nitrogens with zero attached hydrogens (tertiary/aromatic N) is 4. The number of guanidine groups is 1. The van der Waals surface area contributed by atoms with E-state index in [4.69, 9.17) is 0 Å². The standard InChI is InChI=1S/C18H35N5O2S2/c1-19-18(20-6-14-27(24,25)23-10-12-26-13-11-23)22-9-5-17(16-22)15-21-7-3-2-4-8-21/h17H,2-16H2,1H3,(H,19,20). The summed E-state index contributed by atoms with van der Waals surface area (Å²) in [6.07, 6.45) is 5.25. The second-order valence-electron chi connectivity index (χ2n) is 7.76. The third-order valence-corrected chi connectivity index (χ3v) is 8.58. The minimum absolute atomic E-state index is 0.141. The van der Waals surface area contributed by atoms with Gasteiger partial charge >= 0.3 is 0 Å². The van der Waals surface area contributed by atoms with E-state index in [0.29, 0.717) is 25.6 Å². The lowest BCUT2D eigenvalue weighted by molar-refractivity contribution is 0.198. The number of aliphatic imine (C=N–C) groups is 1. The molecule has 0 bridgehead atoms. The number of nitrogens with one attached hydrogen (secondary N) is 1. The van der Waals surface area contributed by atoms with E-state index in [1.54, 1.807) is 11.4 Å². The van der Waals surface area contributed by atoms with Crippen molar-refractivity contribution in [1.82, 2.24) is 19.4 Å². The predicted molar refractivity (Wildman–Crippen MR) is 114 cm³/mol. The van der Waals surface area contributed by atoms with Gasteiger partial charge in [-0.15, -0.1) is 0 Å². The predicted octanol–water partition coefficient (Wildman–Crippen LogP) is 0.748.